The lowest BCUT2D eigenvalue weighted by molar-refractivity contribution is -0.117. The minimum Gasteiger partial charge on any atom is -0.367 e. The standard InChI is InChI=1S/C30H42FN5O2/c1-30(2,3)19-28(37)33-26-18-21(29(38)34-25-10-6-5-9-24(25)32)12-13-22(26)20-35-14-16-36(17-15-35)27-11-7-4-8-23(27)31/h4,7-8,11-13,18,24-25H,5-6,9-10,14-17,19-20,32H2,1-3H3,(H,33,37)(H,34,38). The van der Waals surface area contributed by atoms with Gasteiger partial charge in [0.15, 0.2) is 0 Å². The van der Waals surface area contributed by atoms with Gasteiger partial charge in [0.2, 0.25) is 5.91 Å². The minimum absolute atomic E-state index is 0.0269. The van der Waals surface area contributed by atoms with E-state index in [1.54, 1.807) is 12.1 Å². The lowest BCUT2D eigenvalue weighted by Gasteiger charge is -2.36. The summed E-state index contributed by atoms with van der Waals surface area (Å²) in [5.74, 6) is -0.438. The Morgan fingerprint density at radius 3 is 2.42 bits per heavy atom. The molecule has 0 spiro atoms. The van der Waals surface area contributed by atoms with E-state index >= 15 is 0 Å². The van der Waals surface area contributed by atoms with Gasteiger partial charge < -0.3 is 21.3 Å². The predicted molar refractivity (Wildman–Crippen MR) is 151 cm³/mol. The molecule has 206 valence electrons. The van der Waals surface area contributed by atoms with E-state index in [9.17, 15) is 14.0 Å². The van der Waals surface area contributed by atoms with Crippen LogP contribution in [0.25, 0.3) is 0 Å². The molecule has 1 aliphatic carbocycles. The Morgan fingerprint density at radius 2 is 1.74 bits per heavy atom. The normalized spacial score (nSPS) is 20.7. The summed E-state index contributed by atoms with van der Waals surface area (Å²) in [7, 11) is 0. The van der Waals surface area contributed by atoms with Crippen molar-refractivity contribution in [2.75, 3.05) is 36.4 Å². The Morgan fingerprint density at radius 1 is 1.03 bits per heavy atom. The molecule has 2 atom stereocenters. The van der Waals surface area contributed by atoms with Gasteiger partial charge in [-0.05, 0) is 48.1 Å². The van der Waals surface area contributed by atoms with Crippen molar-refractivity contribution in [3.05, 3.63) is 59.4 Å². The first-order valence-corrected chi connectivity index (χ1v) is 13.8. The third-order valence-electron chi connectivity index (χ3n) is 7.43. The van der Waals surface area contributed by atoms with Crippen molar-refractivity contribution < 1.29 is 14.0 Å². The molecule has 2 fully saturated rings. The third-order valence-corrected chi connectivity index (χ3v) is 7.43. The highest BCUT2D eigenvalue weighted by Crippen LogP contribution is 2.26. The van der Waals surface area contributed by atoms with Crippen LogP contribution >= 0.6 is 0 Å². The van der Waals surface area contributed by atoms with E-state index in [2.05, 4.69) is 20.4 Å². The topological polar surface area (TPSA) is 90.7 Å². The van der Waals surface area contributed by atoms with Gasteiger partial charge >= 0.3 is 0 Å². The molecule has 1 heterocycles. The Kier molecular flexibility index (Phi) is 9.05. The van der Waals surface area contributed by atoms with E-state index in [-0.39, 0.29) is 35.1 Å². The number of para-hydroxylation sites is 1. The Balaban J connectivity index is 1.47. The number of carbonyl (C=O) groups is 2. The summed E-state index contributed by atoms with van der Waals surface area (Å²) in [5, 5.41) is 6.18. The van der Waals surface area contributed by atoms with Crippen molar-refractivity contribution in [2.24, 2.45) is 11.1 Å². The summed E-state index contributed by atoms with van der Waals surface area (Å²) < 4.78 is 14.2. The van der Waals surface area contributed by atoms with Crippen LogP contribution in [0.1, 0.15) is 68.8 Å². The third kappa shape index (κ3) is 7.54. The largest absolute Gasteiger partial charge is 0.367 e. The number of rotatable bonds is 7. The number of piperazine rings is 1. The van der Waals surface area contributed by atoms with E-state index < -0.39 is 0 Å². The quantitative estimate of drug-likeness (QED) is 0.496. The number of benzene rings is 2. The monoisotopic (exact) mass is 523 g/mol. The molecule has 2 aliphatic rings. The van der Waals surface area contributed by atoms with E-state index in [0.717, 1.165) is 57.4 Å². The van der Waals surface area contributed by atoms with Gasteiger partial charge in [-0.1, -0.05) is 51.8 Å². The second kappa shape index (κ2) is 12.3. The van der Waals surface area contributed by atoms with E-state index in [1.165, 1.54) is 6.07 Å². The summed E-state index contributed by atoms with van der Waals surface area (Å²) in [6.07, 6.45) is 4.35. The zero-order chi connectivity index (χ0) is 27.3. The smallest absolute Gasteiger partial charge is 0.251 e. The number of halogens is 1. The van der Waals surface area contributed by atoms with Crippen LogP contribution in [0, 0.1) is 11.2 Å². The Hall–Kier alpha value is -2.97. The summed E-state index contributed by atoms with van der Waals surface area (Å²) >= 11 is 0. The minimum atomic E-state index is -0.201. The van der Waals surface area contributed by atoms with E-state index in [0.29, 0.717) is 29.9 Å². The van der Waals surface area contributed by atoms with Gasteiger partial charge in [0.05, 0.1) is 5.69 Å². The number of hydrogen-bond acceptors (Lipinski definition) is 5. The van der Waals surface area contributed by atoms with Gasteiger partial charge in [-0.15, -0.1) is 0 Å². The van der Waals surface area contributed by atoms with Gasteiger partial charge in [-0.25, -0.2) is 4.39 Å². The van der Waals surface area contributed by atoms with Crippen LogP contribution in [-0.4, -0.2) is 55.0 Å². The van der Waals surface area contributed by atoms with Crippen LogP contribution in [0.2, 0.25) is 0 Å². The number of anilines is 2. The van der Waals surface area contributed by atoms with Crippen molar-refractivity contribution in [1.82, 2.24) is 10.2 Å². The molecule has 1 saturated heterocycles. The molecular weight excluding hydrogens is 481 g/mol. The van der Waals surface area contributed by atoms with Gasteiger partial charge in [0.25, 0.3) is 5.91 Å². The lowest BCUT2D eigenvalue weighted by atomic mass is 9.91. The van der Waals surface area contributed by atoms with Gasteiger partial charge in [-0.3, -0.25) is 14.5 Å². The highest BCUT2D eigenvalue weighted by Gasteiger charge is 2.25. The molecule has 38 heavy (non-hydrogen) atoms. The van der Waals surface area contributed by atoms with Crippen molar-refractivity contribution >= 4 is 23.2 Å². The summed E-state index contributed by atoms with van der Waals surface area (Å²) in [4.78, 5) is 30.3. The van der Waals surface area contributed by atoms with Gasteiger partial charge in [0, 0.05) is 62.5 Å². The molecule has 0 radical (unpaired) electrons. The molecule has 1 saturated carbocycles. The van der Waals surface area contributed by atoms with Gasteiger partial charge in [-0.2, -0.15) is 0 Å². The number of nitrogens with zero attached hydrogens (tertiary/aromatic N) is 2. The van der Waals surface area contributed by atoms with Crippen LogP contribution in [0.4, 0.5) is 15.8 Å². The van der Waals surface area contributed by atoms with E-state index in [1.807, 2.05) is 45.0 Å². The molecule has 1 aliphatic heterocycles. The SMILES string of the molecule is CC(C)(C)CC(=O)Nc1cc(C(=O)NC2CCCCC2N)ccc1CN1CCN(c2ccccc2F)CC1. The first kappa shape index (κ1) is 28.0. The Bertz CT molecular complexity index is 1120. The van der Waals surface area contributed by atoms with Crippen molar-refractivity contribution in [3.8, 4) is 0 Å². The van der Waals surface area contributed by atoms with Crippen molar-refractivity contribution in [1.29, 1.82) is 0 Å². The number of carbonyl (C=O) groups excluding carboxylic acids is 2. The van der Waals surface area contributed by atoms with E-state index in [4.69, 9.17) is 5.73 Å². The average molecular weight is 524 g/mol. The zero-order valence-electron chi connectivity index (χ0n) is 22.9. The molecule has 7 nitrogen and oxygen atoms in total. The number of hydrogen-bond donors (Lipinski definition) is 3. The molecule has 2 aromatic carbocycles. The molecule has 0 aromatic heterocycles. The predicted octanol–water partition coefficient (Wildman–Crippen LogP) is 4.52. The molecule has 4 N–H and O–H groups in total. The zero-order valence-corrected chi connectivity index (χ0v) is 22.9. The highest BCUT2D eigenvalue weighted by atomic mass is 19.1. The maximum absolute atomic E-state index is 14.2. The summed E-state index contributed by atoms with van der Waals surface area (Å²) in [5.41, 5.74) is 8.86. The fourth-order valence-electron chi connectivity index (χ4n) is 5.33. The number of nitrogens with one attached hydrogen (secondary N) is 2. The molecule has 2 aromatic rings. The molecular formula is C30H42FN5O2. The van der Waals surface area contributed by atoms with Crippen LogP contribution in [0.5, 0.6) is 0 Å². The first-order chi connectivity index (χ1) is 18.1. The summed E-state index contributed by atoms with van der Waals surface area (Å²) in [6, 6.07) is 12.4. The fraction of sp³-hybridized carbons (Fsp3) is 0.533. The van der Waals surface area contributed by atoms with Gasteiger partial charge in [0.1, 0.15) is 5.82 Å². The van der Waals surface area contributed by atoms with Crippen LogP contribution in [-0.2, 0) is 11.3 Å². The maximum atomic E-state index is 14.2. The molecule has 2 unspecified atom stereocenters. The first-order valence-electron chi connectivity index (χ1n) is 13.8. The molecule has 8 heteroatoms. The second-order valence-electron chi connectivity index (χ2n) is 11.9. The average Bonchev–Trinajstić information content (AvgIpc) is 2.86. The summed E-state index contributed by atoms with van der Waals surface area (Å²) in [6.45, 7) is 9.69. The van der Waals surface area contributed by atoms with Crippen molar-refractivity contribution in [2.45, 2.75) is 71.5 Å². The fourth-order valence-corrected chi connectivity index (χ4v) is 5.33. The highest BCUT2D eigenvalue weighted by molar-refractivity contribution is 5.98. The maximum Gasteiger partial charge on any atom is 0.251 e. The van der Waals surface area contributed by atoms with Crippen LogP contribution in [0.15, 0.2) is 42.5 Å². The lowest BCUT2D eigenvalue weighted by Crippen LogP contribution is -2.49. The molecule has 0 bridgehead atoms. The Labute approximate surface area is 225 Å². The molecule has 2 amide bonds. The number of amides is 2. The second-order valence-corrected chi connectivity index (χ2v) is 11.9. The molecule has 4 rings (SSSR count). The van der Waals surface area contributed by atoms with Crippen LogP contribution in [0.3, 0.4) is 0 Å². The number of nitrogens with two attached hydrogens (primary N) is 1. The van der Waals surface area contributed by atoms with Crippen molar-refractivity contribution in [3.63, 3.8) is 0 Å². The van der Waals surface area contributed by atoms with Crippen LogP contribution < -0.4 is 21.3 Å².